The number of fused-ring (bicyclic) bond motifs is 5. The molecule has 0 aromatic rings. The Balaban J connectivity index is 1.62. The summed E-state index contributed by atoms with van der Waals surface area (Å²) in [6.07, 6.45) is 11.5. The fourth-order valence-corrected chi connectivity index (χ4v) is 7.42. The molecule has 0 bridgehead atoms. The smallest absolute Gasteiger partial charge is 0.0504 e. The van der Waals surface area contributed by atoms with Crippen molar-refractivity contribution in [2.75, 3.05) is 0 Å². The van der Waals surface area contributed by atoms with Gasteiger partial charge in [0.25, 0.3) is 0 Å². The van der Waals surface area contributed by atoms with Crippen molar-refractivity contribution < 1.29 is 0 Å². The van der Waals surface area contributed by atoms with E-state index in [0.29, 0.717) is 16.2 Å². The Labute approximate surface area is 136 Å². The SMILES string of the molecule is CC1CCC2C3CCC4NC(S)CCC4(C)C3CCC12C. The molecule has 2 heteroatoms. The van der Waals surface area contributed by atoms with E-state index >= 15 is 0 Å². The van der Waals surface area contributed by atoms with Crippen molar-refractivity contribution in [3.63, 3.8) is 0 Å². The molecule has 3 saturated carbocycles. The molecule has 0 spiro atoms. The maximum absolute atomic E-state index is 4.71. The lowest BCUT2D eigenvalue weighted by Crippen LogP contribution is -2.61. The van der Waals surface area contributed by atoms with E-state index in [4.69, 9.17) is 12.6 Å². The van der Waals surface area contributed by atoms with Gasteiger partial charge >= 0.3 is 0 Å². The second-order valence-corrected chi connectivity index (χ2v) is 9.88. The highest BCUT2D eigenvalue weighted by atomic mass is 32.1. The number of hydrogen-bond donors (Lipinski definition) is 2. The van der Waals surface area contributed by atoms with Gasteiger partial charge in [-0.15, -0.1) is 0 Å². The van der Waals surface area contributed by atoms with Crippen LogP contribution >= 0.6 is 12.6 Å². The van der Waals surface area contributed by atoms with Crippen LogP contribution in [0.2, 0.25) is 0 Å². The van der Waals surface area contributed by atoms with Gasteiger partial charge in [-0.25, -0.2) is 0 Å². The third-order valence-corrected chi connectivity index (χ3v) is 9.10. The third-order valence-electron chi connectivity index (χ3n) is 8.69. The summed E-state index contributed by atoms with van der Waals surface area (Å²) >= 11 is 4.71. The predicted octanol–water partition coefficient (Wildman–Crippen LogP) is 4.87. The van der Waals surface area contributed by atoms with Gasteiger partial charge in [0.1, 0.15) is 0 Å². The average molecular weight is 308 g/mol. The second kappa shape index (κ2) is 4.90. The topological polar surface area (TPSA) is 12.0 Å². The predicted molar refractivity (Wildman–Crippen MR) is 92.5 cm³/mol. The molecule has 4 fully saturated rings. The lowest BCUT2D eigenvalue weighted by atomic mass is 9.47. The Kier molecular flexibility index (Phi) is 3.47. The summed E-state index contributed by atoms with van der Waals surface area (Å²) in [6.45, 7) is 7.77. The first-order valence-corrected chi connectivity index (χ1v) is 9.91. The minimum atomic E-state index is 0.444. The van der Waals surface area contributed by atoms with Gasteiger partial charge in [0.05, 0.1) is 5.37 Å². The molecular weight excluding hydrogens is 274 g/mol. The molecule has 1 N–H and O–H groups in total. The number of rotatable bonds is 0. The maximum Gasteiger partial charge on any atom is 0.0504 e. The number of thiol groups is 1. The average Bonchev–Trinajstić information content (AvgIpc) is 2.76. The van der Waals surface area contributed by atoms with Gasteiger partial charge in [0.2, 0.25) is 0 Å². The van der Waals surface area contributed by atoms with Crippen LogP contribution in [0.3, 0.4) is 0 Å². The van der Waals surface area contributed by atoms with Crippen LogP contribution < -0.4 is 5.32 Å². The minimum absolute atomic E-state index is 0.444. The number of nitrogens with one attached hydrogen (secondary N) is 1. The van der Waals surface area contributed by atoms with Crippen LogP contribution in [-0.4, -0.2) is 11.4 Å². The van der Waals surface area contributed by atoms with Crippen molar-refractivity contribution >= 4 is 12.6 Å². The summed E-state index contributed by atoms with van der Waals surface area (Å²) in [5.41, 5.74) is 1.22. The van der Waals surface area contributed by atoms with Gasteiger partial charge in [-0.2, -0.15) is 12.6 Å². The van der Waals surface area contributed by atoms with E-state index < -0.39 is 0 Å². The summed E-state index contributed by atoms with van der Waals surface area (Å²) in [5, 5.41) is 4.28. The van der Waals surface area contributed by atoms with Crippen molar-refractivity contribution in [1.82, 2.24) is 5.32 Å². The van der Waals surface area contributed by atoms with E-state index in [2.05, 4.69) is 26.1 Å². The van der Waals surface area contributed by atoms with Crippen molar-refractivity contribution in [1.29, 1.82) is 0 Å². The minimum Gasteiger partial charge on any atom is -0.302 e. The Hall–Kier alpha value is 0.310. The number of piperidine rings is 1. The molecule has 1 heterocycles. The van der Waals surface area contributed by atoms with Crippen LogP contribution in [-0.2, 0) is 0 Å². The first-order chi connectivity index (χ1) is 9.95. The molecule has 3 aliphatic carbocycles. The molecule has 1 saturated heterocycles. The van der Waals surface area contributed by atoms with E-state index in [-0.39, 0.29) is 0 Å². The molecule has 8 atom stereocenters. The monoisotopic (exact) mass is 307 g/mol. The van der Waals surface area contributed by atoms with E-state index in [1.165, 1.54) is 51.4 Å². The molecule has 0 aromatic heterocycles. The van der Waals surface area contributed by atoms with Gasteiger partial charge in [0.15, 0.2) is 0 Å². The standard InChI is InChI=1S/C19H33NS/c1-12-4-6-14-13-5-7-16-19(3,11-9-17(21)20-16)15(13)8-10-18(12,14)2/h12-17,20-21H,4-11H2,1-3H3. The molecule has 0 amide bonds. The molecule has 0 aromatic carbocycles. The second-order valence-electron chi connectivity index (χ2n) is 9.26. The maximum atomic E-state index is 4.71. The van der Waals surface area contributed by atoms with Gasteiger partial charge in [0, 0.05) is 6.04 Å². The molecule has 8 unspecified atom stereocenters. The van der Waals surface area contributed by atoms with E-state index in [9.17, 15) is 0 Å². The molecule has 4 aliphatic rings. The highest BCUT2D eigenvalue weighted by Gasteiger charge is 2.59. The summed E-state index contributed by atoms with van der Waals surface area (Å²) < 4.78 is 0. The lowest BCUT2D eigenvalue weighted by molar-refractivity contribution is -0.0937. The van der Waals surface area contributed by atoms with Gasteiger partial charge in [-0.3, -0.25) is 0 Å². The zero-order valence-corrected chi connectivity index (χ0v) is 15.0. The number of hydrogen-bond acceptors (Lipinski definition) is 2. The van der Waals surface area contributed by atoms with Crippen LogP contribution in [0.1, 0.15) is 72.1 Å². The van der Waals surface area contributed by atoms with Gasteiger partial charge in [-0.1, -0.05) is 20.8 Å². The molecule has 4 rings (SSSR count). The zero-order valence-electron chi connectivity index (χ0n) is 14.1. The van der Waals surface area contributed by atoms with Gasteiger partial charge in [-0.05, 0) is 85.9 Å². The van der Waals surface area contributed by atoms with Crippen LogP contribution in [0.5, 0.6) is 0 Å². The van der Waals surface area contributed by atoms with Crippen molar-refractivity contribution in [3.05, 3.63) is 0 Å². The summed E-state index contributed by atoms with van der Waals surface area (Å²) in [5.74, 6) is 3.99. The van der Waals surface area contributed by atoms with Gasteiger partial charge < -0.3 is 5.32 Å². The molecule has 21 heavy (non-hydrogen) atoms. The van der Waals surface area contributed by atoms with E-state index in [0.717, 1.165) is 29.7 Å². The van der Waals surface area contributed by atoms with Crippen LogP contribution in [0, 0.1) is 34.5 Å². The highest BCUT2D eigenvalue weighted by Crippen LogP contribution is 2.65. The van der Waals surface area contributed by atoms with E-state index in [1.807, 2.05) is 0 Å². The summed E-state index contributed by atoms with van der Waals surface area (Å²) in [6, 6.07) is 0.734. The van der Waals surface area contributed by atoms with Crippen LogP contribution in [0.4, 0.5) is 0 Å². The normalized spacial score (nSPS) is 60.0. The van der Waals surface area contributed by atoms with E-state index in [1.54, 1.807) is 0 Å². The lowest BCUT2D eigenvalue weighted by Gasteiger charge is -2.61. The van der Waals surface area contributed by atoms with Crippen molar-refractivity contribution in [2.45, 2.75) is 83.6 Å². The quantitative estimate of drug-likeness (QED) is 0.608. The Morgan fingerprint density at radius 1 is 0.857 bits per heavy atom. The van der Waals surface area contributed by atoms with Crippen LogP contribution in [0.15, 0.2) is 0 Å². The summed E-state index contributed by atoms with van der Waals surface area (Å²) in [7, 11) is 0. The fourth-order valence-electron chi connectivity index (χ4n) is 7.12. The molecule has 120 valence electrons. The molecule has 1 nitrogen and oxygen atoms in total. The Morgan fingerprint density at radius 2 is 1.57 bits per heavy atom. The highest BCUT2D eigenvalue weighted by molar-refractivity contribution is 7.80. The summed E-state index contributed by atoms with van der Waals surface area (Å²) in [4.78, 5) is 0. The third kappa shape index (κ3) is 2.00. The molecule has 1 aliphatic heterocycles. The largest absolute Gasteiger partial charge is 0.302 e. The molecular formula is C19H33NS. The Bertz CT molecular complexity index is 424. The zero-order chi connectivity index (χ0) is 14.8. The molecule has 0 radical (unpaired) electrons. The van der Waals surface area contributed by atoms with Crippen molar-refractivity contribution in [2.24, 2.45) is 34.5 Å². The first-order valence-electron chi connectivity index (χ1n) is 9.39. The fraction of sp³-hybridized carbons (Fsp3) is 1.00. The first kappa shape index (κ1) is 14.9. The van der Waals surface area contributed by atoms with Crippen molar-refractivity contribution in [3.8, 4) is 0 Å². The Morgan fingerprint density at radius 3 is 2.38 bits per heavy atom. The van der Waals surface area contributed by atoms with Crippen LogP contribution in [0.25, 0.3) is 0 Å².